The van der Waals surface area contributed by atoms with Crippen molar-refractivity contribution >= 4 is 249 Å². The largest absolute Gasteiger partial charge is 0.491 e. The van der Waals surface area contributed by atoms with Crippen molar-refractivity contribution in [3.63, 3.8) is 0 Å². The number of hydrogen-bond acceptors (Lipinski definition) is 17. The van der Waals surface area contributed by atoms with E-state index in [0.29, 0.717) is 110 Å². The average Bonchev–Trinajstić information content (AvgIpc) is 1.58. The Labute approximate surface area is 934 Å². The van der Waals surface area contributed by atoms with Crippen LogP contribution < -0.4 is 24.8 Å². The molecule has 3 N–H and O–H groups in total. The first-order valence-electron chi connectivity index (χ1n) is 52.2. The van der Waals surface area contributed by atoms with Gasteiger partial charge in [-0.3, -0.25) is 38.9 Å². The van der Waals surface area contributed by atoms with Crippen molar-refractivity contribution in [1.82, 2.24) is 30.0 Å². The maximum absolute atomic E-state index is 14.3. The van der Waals surface area contributed by atoms with Gasteiger partial charge >= 0.3 is 0 Å². The normalized spacial score (nSPS) is 23.0. The minimum atomic E-state index is -0.412. The first-order chi connectivity index (χ1) is 71.5. The van der Waals surface area contributed by atoms with E-state index in [1.807, 2.05) is 128 Å². The van der Waals surface area contributed by atoms with Gasteiger partial charge in [-0.25, -0.2) is 0 Å². The summed E-state index contributed by atoms with van der Waals surface area (Å²) in [5.74, 6) is 6.67. The summed E-state index contributed by atoms with van der Waals surface area (Å²) in [6.07, 6.45) is 10.1. The van der Waals surface area contributed by atoms with Crippen molar-refractivity contribution in [2.24, 2.45) is 35.5 Å². The number of hydrogen-bond donors (Lipinski definition) is 3. The van der Waals surface area contributed by atoms with E-state index in [9.17, 15) is 33.6 Å². The number of aromatic amines is 2. The molecule has 3 aliphatic carbocycles. The first kappa shape index (κ1) is 108. The Morgan fingerprint density at radius 2 is 0.733 bits per heavy atom. The fourth-order valence-electron chi connectivity index (χ4n) is 24.6. The lowest BCUT2D eigenvalue weighted by Crippen LogP contribution is -2.42. The van der Waals surface area contributed by atoms with E-state index < -0.39 is 5.60 Å². The van der Waals surface area contributed by atoms with Crippen LogP contribution in [0.25, 0.3) is 52.1 Å². The van der Waals surface area contributed by atoms with Crippen LogP contribution in [0.15, 0.2) is 185 Å². The van der Waals surface area contributed by atoms with Crippen LogP contribution in [0.2, 0.25) is 0 Å². The van der Waals surface area contributed by atoms with Crippen LogP contribution in [0.5, 0.6) is 5.75 Å². The molecule has 5 aromatic heterocycles. The highest BCUT2D eigenvalue weighted by Gasteiger charge is 2.52. The van der Waals surface area contributed by atoms with Crippen molar-refractivity contribution in [3.8, 4) is 5.75 Å². The summed E-state index contributed by atoms with van der Waals surface area (Å²) in [5, 5.41) is 22.6. The molecular formula is C119H131Cl6N9O10S6. The molecule has 0 fully saturated rings. The van der Waals surface area contributed by atoms with E-state index in [4.69, 9.17) is 83.8 Å². The first-order valence-corrected chi connectivity index (χ1v) is 60.8. The average molecular weight is 2250 g/mol. The number of halogens is 6. The summed E-state index contributed by atoms with van der Waals surface area (Å²) < 4.78 is 23.0. The number of H-pyrrole nitrogens is 2. The van der Waals surface area contributed by atoms with E-state index in [1.165, 1.54) is 87.0 Å². The van der Waals surface area contributed by atoms with Gasteiger partial charge in [-0.2, -0.15) is 0 Å². The zero-order valence-corrected chi connectivity index (χ0v) is 97.7. The zero-order chi connectivity index (χ0) is 106. The van der Waals surface area contributed by atoms with Gasteiger partial charge < -0.3 is 53.6 Å². The van der Waals surface area contributed by atoms with Gasteiger partial charge in [0, 0.05) is 253 Å². The highest BCUT2D eigenvalue weighted by Crippen LogP contribution is 2.59. The number of alkyl halides is 6. The number of benzene rings is 5. The number of amides is 6. The molecule has 0 saturated carbocycles. The Hall–Kier alpha value is -8.64. The van der Waals surface area contributed by atoms with E-state index in [0.717, 1.165) is 130 Å². The Morgan fingerprint density at radius 3 is 1.15 bits per heavy atom. The number of allylic oxidation sites excluding steroid dienone is 6. The number of fused-ring (bicyclic) bond motifs is 17. The minimum Gasteiger partial charge on any atom is -0.491 e. The summed E-state index contributed by atoms with van der Waals surface area (Å²) in [7, 11) is 0. The van der Waals surface area contributed by atoms with Crippen molar-refractivity contribution in [2.75, 3.05) is 102 Å². The molecule has 0 spiro atoms. The van der Waals surface area contributed by atoms with Crippen molar-refractivity contribution in [3.05, 3.63) is 252 Å². The van der Waals surface area contributed by atoms with Crippen LogP contribution in [-0.2, 0) is 46.3 Å². The standard InChI is InChI=1S/C50H46Cl2N4O4S2.C36H44Cl2N2O3S2.C33H41Cl2N3O3S2/c1-25-11-39-44(42-26(2)23-61-46(25)42)32(19-51)21-55(39)48(58)37-16-30-12-28(7-9-35(30)53-37)14-34(57)15-29-8-10-36-31(13-29)17-38(54-36)49(59)56-22-33(20-52)45-40(56)18-41(60-50(4,5)6)47-43(45)27(3)24-62-47;1-20-12-25-32(30-21(2)18-44-34(20)30)23(14-37)16-39(25)28(41)10-8-7-9-11-29(42)40-17-24(15-38)33-26(40)13-27(43-36(4,5)6)35-31(33)22(3)19-45-35;1-17-7-22-29(27-18(2)15-42-31(17)27)20(9-34)13-37(22)25(39)11-36-12-26(40)38-14-21(10-35)30-23(38)8-24(41-33(4,5)6)32-28(30)19(3)16-43-32/h7-13,16-18,23-24,32-33,53-54H,14-15,19-22H2,1-6H3;12-13,18-19,23-24,31,35H,7-11,14-17H2,1-6H3;7-8,15-16,20-21,27-28,31-32,36H,9-14H2,1-6H3/t32-,33-;23-,24-,31?,35?;20-,21-,27?,28?,31?,32?/m111/s1. The Balaban J connectivity index is 0.000000139. The second-order valence-corrected chi connectivity index (χ2v) is 53.0. The molecule has 150 heavy (non-hydrogen) atoms. The fraction of sp³-hybridized carbons (Fsp3) is 0.454. The lowest BCUT2D eigenvalue weighted by Gasteiger charge is -2.35. The lowest BCUT2D eigenvalue weighted by atomic mass is 9.78. The van der Waals surface area contributed by atoms with Gasteiger partial charge in [0.2, 0.25) is 23.6 Å². The van der Waals surface area contributed by atoms with Gasteiger partial charge in [0.25, 0.3) is 11.8 Å². The molecule has 31 heteroatoms. The van der Waals surface area contributed by atoms with Crippen LogP contribution in [0.4, 0.5) is 17.1 Å². The van der Waals surface area contributed by atoms with Crippen molar-refractivity contribution < 1.29 is 47.8 Å². The number of aromatic nitrogens is 2. The van der Waals surface area contributed by atoms with Crippen LogP contribution >= 0.6 is 139 Å². The van der Waals surface area contributed by atoms with Crippen molar-refractivity contribution in [2.45, 2.75) is 220 Å². The summed E-state index contributed by atoms with van der Waals surface area (Å²) in [6, 6.07) is 21.8. The Morgan fingerprint density at radius 1 is 0.380 bits per heavy atom. The van der Waals surface area contributed by atoms with E-state index >= 15 is 0 Å². The molecule has 22 rings (SSSR count). The fourth-order valence-corrected chi connectivity index (χ4v) is 33.2. The summed E-state index contributed by atoms with van der Waals surface area (Å²) in [4.78, 5) is 114. The van der Waals surface area contributed by atoms with E-state index in [1.54, 1.807) is 45.8 Å². The SMILES string of the molecule is CC1=CC2=C(C3C(C)=CSC13)[C@H](CCl)CN2C(=O)CNCC(=O)N1C[C@@H](CCl)C2=C1C=C(OC(C)(C)C)C1SC=C(C)C21.CC1=CSC2C(OC(C)(C)C)=CC3=C(C12)[C@H](CCl)CN3C(=O)CCCCCC(=O)N1C[C@@H](CCl)c2c1cc(C)c1scc(C)c21.Cc1cc2c(c3c(C)csc13)[C@H](CCl)CN2C(=O)c1cc2cc(CC(=O)Cc3ccc4[nH]c(C(=O)N5C[C@@H](CCl)c6c5cc(OC(C)(C)C)c5scc(C)c65)cc4c3)ccc2[nH]1. The number of aryl methyl sites for hydroxylation is 5. The Kier molecular flexibility index (Phi) is 31.1. The molecule has 9 aliphatic heterocycles. The number of Topliss-reactive ketones (excluding diaryl/α,β-unsaturated/α-hetero) is 1. The van der Waals surface area contributed by atoms with E-state index in [2.05, 4.69) is 182 Å². The molecule has 10 aromatic rings. The second-order valence-electron chi connectivity index (χ2n) is 45.5. The number of anilines is 3. The maximum Gasteiger partial charge on any atom is 0.274 e. The van der Waals surface area contributed by atoms with Gasteiger partial charge in [-0.15, -0.1) is 139 Å². The van der Waals surface area contributed by atoms with Crippen LogP contribution in [0.1, 0.15) is 216 Å². The molecule has 6 amide bonds. The van der Waals surface area contributed by atoms with Crippen LogP contribution in [-0.4, -0.2) is 186 Å². The third-order valence-corrected chi connectivity index (χ3v) is 41.0. The molecule has 0 saturated heterocycles. The van der Waals surface area contributed by atoms with E-state index in [-0.39, 0.29) is 136 Å². The van der Waals surface area contributed by atoms with Gasteiger partial charge in [-0.05, 0) is 297 Å². The molecule has 5 aromatic carbocycles. The highest BCUT2D eigenvalue weighted by molar-refractivity contribution is 8.03. The number of thiophene rings is 3. The molecule has 12 aliphatic rings. The number of thioether (sulfide) groups is 3. The highest BCUT2D eigenvalue weighted by atomic mass is 35.5. The second kappa shape index (κ2) is 43.1. The minimum absolute atomic E-state index is 0.0104. The monoisotopic (exact) mass is 2250 g/mol. The third-order valence-electron chi connectivity index (χ3n) is 31.1. The lowest BCUT2D eigenvalue weighted by molar-refractivity contribution is -0.130. The topological polar surface area (TPSA) is 210 Å². The molecule has 19 nitrogen and oxygen atoms in total. The molecular weight excluding hydrogens is 2120 g/mol. The maximum atomic E-state index is 14.3. The number of unbranched alkanes of at least 4 members (excludes halogenated alkanes) is 2. The number of rotatable bonds is 25. The van der Waals surface area contributed by atoms with Crippen molar-refractivity contribution in [1.29, 1.82) is 0 Å². The number of ether oxygens (including phenoxy) is 3. The Bertz CT molecular complexity index is 7530. The number of carbonyl (C=O) groups excluding carboxylic acids is 7. The molecule has 6 unspecified atom stereocenters. The molecule has 790 valence electrons. The smallest absolute Gasteiger partial charge is 0.274 e. The number of nitrogens with zero attached hydrogens (tertiary/aromatic N) is 6. The van der Waals surface area contributed by atoms with Gasteiger partial charge in [0.15, 0.2) is 0 Å². The summed E-state index contributed by atoms with van der Waals surface area (Å²) >= 11 is 49.6. The van der Waals surface area contributed by atoms with Gasteiger partial charge in [0.05, 0.1) is 34.0 Å². The van der Waals surface area contributed by atoms with Crippen LogP contribution in [0, 0.1) is 70.1 Å². The predicted octanol–water partition coefficient (Wildman–Crippen LogP) is 28.4. The summed E-state index contributed by atoms with van der Waals surface area (Å²) in [6.45, 7) is 41.3. The third kappa shape index (κ3) is 20.5. The van der Waals surface area contributed by atoms with Gasteiger partial charge in [-0.1, -0.05) is 40.8 Å². The number of nitrogens with one attached hydrogen (secondary N) is 3. The zero-order valence-electron chi connectivity index (χ0n) is 88.3. The predicted molar refractivity (Wildman–Crippen MR) is 627 cm³/mol. The van der Waals surface area contributed by atoms with Crippen LogP contribution in [0.3, 0.4) is 0 Å². The molecule has 0 radical (unpaired) electrons. The quantitative estimate of drug-likeness (QED) is 0.0359. The summed E-state index contributed by atoms with van der Waals surface area (Å²) in [5.41, 5.74) is 27.6. The molecule has 0 bridgehead atoms. The molecule has 14 heterocycles. The number of carbonyl (C=O) groups is 7. The number of ketones is 1. The van der Waals surface area contributed by atoms with Gasteiger partial charge in [0.1, 0.15) is 51.2 Å². The molecule has 12 atom stereocenters.